The van der Waals surface area contributed by atoms with E-state index in [4.69, 9.17) is 21.4 Å². The number of ether oxygens (including phenoxy) is 1. The number of carboxylic acid groups (broad SMARTS) is 1. The highest BCUT2D eigenvalue weighted by molar-refractivity contribution is 6.30. The highest BCUT2D eigenvalue weighted by Crippen LogP contribution is 2.33. The van der Waals surface area contributed by atoms with Crippen molar-refractivity contribution in [1.29, 1.82) is 0 Å². The van der Waals surface area contributed by atoms with Gasteiger partial charge in [-0.25, -0.2) is 9.18 Å². The van der Waals surface area contributed by atoms with Crippen molar-refractivity contribution in [3.8, 4) is 11.5 Å². The van der Waals surface area contributed by atoms with E-state index in [-0.39, 0.29) is 22.1 Å². The number of nitro groups is 1. The van der Waals surface area contributed by atoms with Crippen LogP contribution in [0.1, 0.15) is 10.4 Å². The van der Waals surface area contributed by atoms with Crippen LogP contribution in [0.25, 0.3) is 0 Å². The van der Waals surface area contributed by atoms with Crippen LogP contribution in [0.4, 0.5) is 10.1 Å². The van der Waals surface area contributed by atoms with Crippen LogP contribution in [0.3, 0.4) is 0 Å². The Hall–Kier alpha value is -2.67. The van der Waals surface area contributed by atoms with Gasteiger partial charge in [0.15, 0.2) is 0 Å². The van der Waals surface area contributed by atoms with Gasteiger partial charge in [-0.2, -0.15) is 0 Å². The molecule has 8 heteroatoms. The maximum atomic E-state index is 13.0. The molecule has 21 heavy (non-hydrogen) atoms. The molecule has 2 aromatic rings. The van der Waals surface area contributed by atoms with Crippen LogP contribution in [-0.2, 0) is 0 Å². The van der Waals surface area contributed by atoms with Crippen LogP contribution in [0, 0.1) is 15.9 Å². The molecular weight excluding hydrogens is 305 g/mol. The van der Waals surface area contributed by atoms with E-state index in [9.17, 15) is 19.3 Å². The number of aromatic carboxylic acids is 1. The summed E-state index contributed by atoms with van der Waals surface area (Å²) < 4.78 is 18.3. The maximum absolute atomic E-state index is 13.0. The van der Waals surface area contributed by atoms with Crippen LogP contribution in [-0.4, -0.2) is 16.0 Å². The molecule has 0 saturated carbocycles. The average molecular weight is 312 g/mol. The Bertz CT molecular complexity index is 734. The van der Waals surface area contributed by atoms with E-state index in [1.54, 1.807) is 0 Å². The minimum atomic E-state index is -1.30. The number of hydrogen-bond acceptors (Lipinski definition) is 4. The van der Waals surface area contributed by atoms with Gasteiger partial charge in [-0.3, -0.25) is 10.1 Å². The van der Waals surface area contributed by atoms with E-state index in [0.29, 0.717) is 0 Å². The lowest BCUT2D eigenvalue weighted by molar-refractivity contribution is -0.385. The van der Waals surface area contributed by atoms with E-state index in [2.05, 4.69) is 0 Å². The van der Waals surface area contributed by atoms with Gasteiger partial charge < -0.3 is 9.84 Å². The topological polar surface area (TPSA) is 89.7 Å². The molecule has 0 amide bonds. The minimum Gasteiger partial charge on any atom is -0.478 e. The predicted octanol–water partition coefficient (Wildman–Crippen LogP) is 3.88. The van der Waals surface area contributed by atoms with Gasteiger partial charge in [0.1, 0.15) is 11.6 Å². The summed E-state index contributed by atoms with van der Waals surface area (Å²) in [5.41, 5.74) is -0.762. The maximum Gasteiger partial charge on any atom is 0.335 e. The standard InChI is InChI=1S/C13H7ClFNO5/c14-9-6-8(2-3-10(9)15)21-12-4-1-7(13(17)18)5-11(12)16(19)20/h1-6H,(H,17,18). The molecule has 0 unspecified atom stereocenters. The molecule has 0 fully saturated rings. The minimum absolute atomic E-state index is 0.0903. The van der Waals surface area contributed by atoms with E-state index in [1.807, 2.05) is 0 Å². The number of halogens is 2. The van der Waals surface area contributed by atoms with E-state index in [1.165, 1.54) is 6.07 Å². The number of carboxylic acids is 1. The highest BCUT2D eigenvalue weighted by atomic mass is 35.5. The van der Waals surface area contributed by atoms with Crippen molar-refractivity contribution >= 4 is 23.3 Å². The second-order valence-electron chi connectivity index (χ2n) is 3.92. The number of hydrogen-bond donors (Lipinski definition) is 1. The molecule has 2 rings (SSSR count). The molecule has 0 aliphatic heterocycles. The Kier molecular flexibility index (Phi) is 4.04. The monoisotopic (exact) mass is 311 g/mol. The van der Waals surface area contributed by atoms with E-state index < -0.39 is 22.4 Å². The zero-order chi connectivity index (χ0) is 15.6. The van der Waals surface area contributed by atoms with Crippen molar-refractivity contribution in [2.45, 2.75) is 0 Å². The van der Waals surface area contributed by atoms with Crippen molar-refractivity contribution in [2.24, 2.45) is 0 Å². The summed E-state index contributed by atoms with van der Waals surface area (Å²) in [5, 5.41) is 19.6. The van der Waals surface area contributed by atoms with E-state index >= 15 is 0 Å². The fourth-order valence-electron chi connectivity index (χ4n) is 1.55. The van der Waals surface area contributed by atoms with Gasteiger partial charge in [0, 0.05) is 12.1 Å². The third-order valence-corrected chi connectivity index (χ3v) is 2.81. The van der Waals surface area contributed by atoms with Crippen LogP contribution in [0.2, 0.25) is 5.02 Å². The van der Waals surface area contributed by atoms with Gasteiger partial charge in [0.25, 0.3) is 0 Å². The number of nitrogens with zero attached hydrogens (tertiary/aromatic N) is 1. The van der Waals surface area contributed by atoms with Gasteiger partial charge >= 0.3 is 11.7 Å². The lowest BCUT2D eigenvalue weighted by Gasteiger charge is -2.07. The quantitative estimate of drug-likeness (QED) is 0.683. The molecule has 0 heterocycles. The first-order valence-electron chi connectivity index (χ1n) is 5.53. The zero-order valence-electron chi connectivity index (χ0n) is 10.2. The number of carbonyl (C=O) groups is 1. The lowest BCUT2D eigenvalue weighted by Crippen LogP contribution is -2.00. The highest BCUT2D eigenvalue weighted by Gasteiger charge is 2.19. The fraction of sp³-hybridized carbons (Fsp3) is 0. The average Bonchev–Trinajstić information content (AvgIpc) is 2.43. The smallest absolute Gasteiger partial charge is 0.335 e. The molecule has 0 aromatic heterocycles. The molecule has 6 nitrogen and oxygen atoms in total. The van der Waals surface area contributed by atoms with Crippen LogP contribution in [0.5, 0.6) is 11.5 Å². The SMILES string of the molecule is O=C(O)c1ccc(Oc2ccc(F)c(Cl)c2)c([N+](=O)[O-])c1. The molecule has 0 saturated heterocycles. The molecule has 0 aliphatic rings. The molecule has 0 aliphatic carbocycles. The van der Waals surface area contributed by atoms with E-state index in [0.717, 1.165) is 30.3 Å². The Balaban J connectivity index is 2.41. The Morgan fingerprint density at radius 1 is 1.29 bits per heavy atom. The van der Waals surface area contributed by atoms with Gasteiger partial charge in [0.2, 0.25) is 5.75 Å². The molecule has 108 valence electrons. The Morgan fingerprint density at radius 3 is 2.57 bits per heavy atom. The Morgan fingerprint density at radius 2 is 2.00 bits per heavy atom. The van der Waals surface area contributed by atoms with Crippen molar-refractivity contribution in [2.75, 3.05) is 0 Å². The summed E-state index contributed by atoms with van der Waals surface area (Å²) in [5.74, 6) is -2.03. The molecule has 0 atom stereocenters. The second kappa shape index (κ2) is 5.76. The summed E-state index contributed by atoms with van der Waals surface area (Å²) in [6.45, 7) is 0. The second-order valence-corrected chi connectivity index (χ2v) is 4.33. The Labute approximate surface area is 122 Å². The largest absolute Gasteiger partial charge is 0.478 e. The van der Waals surface area contributed by atoms with Crippen molar-refractivity contribution in [3.05, 3.63) is 62.9 Å². The third-order valence-electron chi connectivity index (χ3n) is 2.52. The first kappa shape index (κ1) is 14.7. The first-order valence-corrected chi connectivity index (χ1v) is 5.91. The summed E-state index contributed by atoms with van der Waals surface area (Å²) in [7, 11) is 0. The van der Waals surface area contributed by atoms with Crippen LogP contribution >= 0.6 is 11.6 Å². The molecule has 2 aromatic carbocycles. The van der Waals surface area contributed by atoms with Gasteiger partial charge in [-0.05, 0) is 24.3 Å². The summed E-state index contributed by atoms with van der Waals surface area (Å²) in [4.78, 5) is 21.0. The molecular formula is C13H7ClFNO5. The van der Waals surface area contributed by atoms with Gasteiger partial charge in [-0.1, -0.05) is 11.6 Å². The fourth-order valence-corrected chi connectivity index (χ4v) is 1.72. The number of nitro benzene ring substituents is 1. The van der Waals surface area contributed by atoms with Crippen LogP contribution in [0.15, 0.2) is 36.4 Å². The normalized spacial score (nSPS) is 10.2. The number of rotatable bonds is 4. The molecule has 0 spiro atoms. The first-order chi connectivity index (χ1) is 9.88. The molecule has 0 bridgehead atoms. The third kappa shape index (κ3) is 3.26. The zero-order valence-corrected chi connectivity index (χ0v) is 11.0. The summed E-state index contributed by atoms with van der Waals surface area (Å²) in [6, 6.07) is 6.65. The predicted molar refractivity (Wildman–Crippen MR) is 71.5 cm³/mol. The van der Waals surface area contributed by atoms with Gasteiger partial charge in [-0.15, -0.1) is 0 Å². The molecule has 0 radical (unpaired) electrons. The van der Waals surface area contributed by atoms with Crippen LogP contribution < -0.4 is 4.74 Å². The number of benzene rings is 2. The van der Waals surface area contributed by atoms with Crippen molar-refractivity contribution in [3.63, 3.8) is 0 Å². The lowest BCUT2D eigenvalue weighted by atomic mass is 10.2. The summed E-state index contributed by atoms with van der Waals surface area (Å²) >= 11 is 5.58. The van der Waals surface area contributed by atoms with Crippen molar-refractivity contribution < 1.29 is 24.0 Å². The van der Waals surface area contributed by atoms with Gasteiger partial charge in [0.05, 0.1) is 15.5 Å². The molecule has 1 N–H and O–H groups in total. The summed E-state index contributed by atoms with van der Waals surface area (Å²) in [6.07, 6.45) is 0. The van der Waals surface area contributed by atoms with Crippen molar-refractivity contribution in [1.82, 2.24) is 0 Å².